The van der Waals surface area contributed by atoms with Crippen LogP contribution in [0.15, 0.2) is 35.3 Å². The molecule has 0 amide bonds. The van der Waals surface area contributed by atoms with Crippen LogP contribution in [0.25, 0.3) is 0 Å². The van der Waals surface area contributed by atoms with Crippen molar-refractivity contribution in [2.45, 2.75) is 75.4 Å². The van der Waals surface area contributed by atoms with E-state index in [9.17, 15) is 54.8 Å². The molecule has 22 heteroatoms. The molecule has 3 N–H and O–H groups in total. The first-order chi connectivity index (χ1) is 20.1. The second-order valence-electron chi connectivity index (χ2n) is 10.2. The second kappa shape index (κ2) is 15.8. The predicted molar refractivity (Wildman–Crippen MR) is 146 cm³/mol. The van der Waals surface area contributed by atoms with Crippen molar-refractivity contribution in [3.05, 3.63) is 35.3 Å². The molecule has 0 heterocycles. The molecule has 4 atom stereocenters. The van der Waals surface area contributed by atoms with E-state index >= 15 is 0 Å². The lowest BCUT2D eigenvalue weighted by Crippen LogP contribution is -2.62. The van der Waals surface area contributed by atoms with Gasteiger partial charge in [0.15, 0.2) is 16.8 Å². The van der Waals surface area contributed by atoms with Crippen LogP contribution in [0.2, 0.25) is 0 Å². The zero-order valence-electron chi connectivity index (χ0n) is 25.7. The minimum Gasteiger partial charge on any atom is -0.380 e. The van der Waals surface area contributed by atoms with E-state index in [1.165, 1.54) is 0 Å². The van der Waals surface area contributed by atoms with Gasteiger partial charge >= 0.3 is 44.9 Å². The molecule has 0 aliphatic heterocycles. The highest BCUT2D eigenvalue weighted by atomic mass is 28.5. The summed E-state index contributed by atoms with van der Waals surface area (Å²) < 4.78 is 157. The number of rotatable bonds is 18. The van der Waals surface area contributed by atoms with E-state index in [1.54, 1.807) is 0 Å². The summed E-state index contributed by atoms with van der Waals surface area (Å²) in [5, 5.41) is 29.4. The highest BCUT2D eigenvalue weighted by Gasteiger charge is 2.57. The third-order valence-corrected chi connectivity index (χ3v) is 15.7. The summed E-state index contributed by atoms with van der Waals surface area (Å²) in [4.78, 5) is 0. The highest BCUT2D eigenvalue weighted by molar-refractivity contribution is 6.85. The Morgan fingerprint density at radius 2 is 0.644 bits per heavy atom. The first-order valence-electron chi connectivity index (χ1n) is 12.7. The lowest BCUT2D eigenvalue weighted by atomic mass is 10.0. The van der Waals surface area contributed by atoms with Crippen LogP contribution in [-0.4, -0.2) is 113 Å². The molecular weight excluding hydrogens is 691 g/mol. The fourth-order valence-corrected chi connectivity index (χ4v) is 12.0. The number of alkyl halides is 9. The lowest BCUT2D eigenvalue weighted by molar-refractivity contribution is -0.251. The monoisotopic (exact) mass is 730 g/mol. The summed E-state index contributed by atoms with van der Waals surface area (Å²) in [5.41, 5.74) is -7.04. The number of hydrogen-bond donors (Lipinski definition) is 3. The molecule has 0 spiro atoms. The first-order valence-corrected chi connectivity index (χ1v) is 18.1. The van der Waals surface area contributed by atoms with E-state index in [2.05, 4.69) is 0 Å². The van der Waals surface area contributed by atoms with E-state index in [0.717, 1.165) is 70.9 Å². The van der Waals surface area contributed by atoms with Gasteiger partial charge in [0.25, 0.3) is 0 Å². The van der Waals surface area contributed by atoms with Crippen LogP contribution in [0.5, 0.6) is 0 Å². The molecule has 0 rings (SSSR count). The average Bonchev–Trinajstić information content (AvgIpc) is 2.89. The van der Waals surface area contributed by atoms with Crippen LogP contribution in [0.4, 0.5) is 39.5 Å². The van der Waals surface area contributed by atoms with E-state index < -0.39 is 81.0 Å². The fourth-order valence-electron chi connectivity index (χ4n) is 2.96. The van der Waals surface area contributed by atoms with Gasteiger partial charge in [-0.15, -0.1) is 0 Å². The molecule has 4 unspecified atom stereocenters. The smallest absolute Gasteiger partial charge is 0.380 e. The maximum Gasteiger partial charge on any atom is 0.521 e. The van der Waals surface area contributed by atoms with Gasteiger partial charge in [-0.2, -0.15) is 39.5 Å². The average molecular weight is 731 g/mol. The normalized spacial score (nSPS) is 20.0. The molecule has 0 aromatic carbocycles. The molecule has 45 heavy (non-hydrogen) atoms. The Morgan fingerprint density at radius 1 is 0.444 bits per heavy atom. The third kappa shape index (κ3) is 12.1. The van der Waals surface area contributed by atoms with Crippen molar-refractivity contribution in [3.8, 4) is 0 Å². The Balaban J connectivity index is 6.97. The van der Waals surface area contributed by atoms with Gasteiger partial charge in [-0.05, 0) is 37.9 Å². The van der Waals surface area contributed by atoms with Gasteiger partial charge < -0.3 is 45.7 Å². The highest BCUT2D eigenvalue weighted by Crippen LogP contribution is 2.36. The SMILES string of the molecule is CO[Si](/C=C\CC(C)(O)C(F)(F)F)(OC)O[Si](/C=C\CC(C)(O)C(F)(F)F)(OC)O[Si](/C=C/CC(C)(O)C(F)(F)F)(OC)OC. The lowest BCUT2D eigenvalue weighted by Gasteiger charge is -2.37. The van der Waals surface area contributed by atoms with Crippen LogP contribution in [0.1, 0.15) is 40.0 Å². The van der Waals surface area contributed by atoms with E-state index in [4.69, 9.17) is 30.4 Å². The molecule has 0 saturated heterocycles. The van der Waals surface area contributed by atoms with Crippen LogP contribution < -0.4 is 0 Å². The maximum absolute atomic E-state index is 13.3. The Hall–Kier alpha value is -1.16. The molecule has 0 aliphatic rings. The van der Waals surface area contributed by atoms with E-state index in [-0.39, 0.29) is 0 Å². The van der Waals surface area contributed by atoms with Gasteiger partial charge in [-0.25, -0.2) is 0 Å². The minimum absolute atomic E-state index is 0.465. The molecule has 0 fully saturated rings. The summed E-state index contributed by atoms with van der Waals surface area (Å²) >= 11 is 0. The van der Waals surface area contributed by atoms with Gasteiger partial charge in [0.1, 0.15) is 0 Å². The Labute approximate surface area is 258 Å². The standard InChI is InChI=1S/C23H39F9O10Si3/c1-18(33,21(24,25)26)12-9-15-43(36-4,37-5)41-45(40-8,17-11-14-20(3,35)23(30,31)32)42-44(38-6,39-7)16-10-13-19(2,34)22(27,28)29/h9-11,15-17,33-35H,12-14H2,1-8H3/b15-9-,16-10+,17-11-. The summed E-state index contributed by atoms with van der Waals surface area (Å²) in [6.07, 6.45) is -15.9. The van der Waals surface area contributed by atoms with Gasteiger partial charge in [-0.3, -0.25) is 0 Å². The van der Waals surface area contributed by atoms with Crippen LogP contribution in [0.3, 0.4) is 0 Å². The summed E-state index contributed by atoms with van der Waals surface area (Å²) in [7, 11) is -8.56. The molecule has 0 aliphatic carbocycles. The molecule has 0 aromatic heterocycles. The van der Waals surface area contributed by atoms with Crippen molar-refractivity contribution < 1.29 is 85.2 Å². The third-order valence-electron chi connectivity index (χ3n) is 6.34. The molecular formula is C23H39F9O10Si3. The van der Waals surface area contributed by atoms with Crippen molar-refractivity contribution in [2.24, 2.45) is 0 Å². The van der Waals surface area contributed by atoms with Crippen molar-refractivity contribution in [2.75, 3.05) is 35.5 Å². The second-order valence-corrected chi connectivity index (χ2v) is 18.5. The van der Waals surface area contributed by atoms with Gasteiger partial charge in [0.05, 0.1) is 0 Å². The minimum atomic E-state index is -5.10. The molecule has 266 valence electrons. The zero-order valence-corrected chi connectivity index (χ0v) is 28.7. The van der Waals surface area contributed by atoms with Crippen LogP contribution in [-0.2, 0) is 30.4 Å². The van der Waals surface area contributed by atoms with Crippen molar-refractivity contribution in [1.82, 2.24) is 0 Å². The van der Waals surface area contributed by atoms with Crippen molar-refractivity contribution in [3.63, 3.8) is 0 Å². The fraction of sp³-hybridized carbons (Fsp3) is 0.739. The van der Waals surface area contributed by atoms with Crippen molar-refractivity contribution in [1.29, 1.82) is 0 Å². The molecule has 0 saturated carbocycles. The van der Waals surface area contributed by atoms with Gasteiger partial charge in [-0.1, -0.05) is 18.2 Å². The maximum atomic E-state index is 13.3. The first kappa shape index (κ1) is 43.8. The molecule has 0 bridgehead atoms. The van der Waals surface area contributed by atoms with Crippen LogP contribution >= 0.6 is 0 Å². The van der Waals surface area contributed by atoms with Crippen LogP contribution in [0, 0.1) is 0 Å². The zero-order chi connectivity index (χ0) is 35.8. The summed E-state index contributed by atoms with van der Waals surface area (Å²) in [6.45, 7) is 1.45. The van der Waals surface area contributed by atoms with Gasteiger partial charge in [0.2, 0.25) is 0 Å². The molecule has 10 nitrogen and oxygen atoms in total. The Kier molecular flexibility index (Phi) is 15.4. The number of halogens is 9. The quantitative estimate of drug-likeness (QED) is 0.138. The topological polar surface area (TPSA) is 125 Å². The largest absolute Gasteiger partial charge is 0.521 e. The number of aliphatic hydroxyl groups is 3. The Bertz CT molecular complexity index is 950. The van der Waals surface area contributed by atoms with Gasteiger partial charge in [0, 0.05) is 54.8 Å². The summed E-state index contributed by atoms with van der Waals surface area (Å²) in [6, 6.07) is 0. The number of hydrogen-bond acceptors (Lipinski definition) is 10. The summed E-state index contributed by atoms with van der Waals surface area (Å²) in [5.74, 6) is 0. The predicted octanol–water partition coefficient (Wildman–Crippen LogP) is 4.46. The Morgan fingerprint density at radius 3 is 0.822 bits per heavy atom. The molecule has 0 radical (unpaired) electrons. The van der Waals surface area contributed by atoms with E-state index in [0.29, 0.717) is 20.8 Å². The molecule has 0 aromatic rings. The van der Waals surface area contributed by atoms with E-state index in [1.807, 2.05) is 0 Å². The van der Waals surface area contributed by atoms with Crippen molar-refractivity contribution >= 4 is 26.4 Å².